The number of hydrogen-bond donors (Lipinski definition) is 0. The largest absolute Gasteiger partial charge is 0.496 e. The summed E-state index contributed by atoms with van der Waals surface area (Å²) in [6.07, 6.45) is -6.05. The number of hydrogen-bond acceptors (Lipinski definition) is 2. The first-order valence-electron chi connectivity index (χ1n) is 5.22. The van der Waals surface area contributed by atoms with E-state index >= 15 is 0 Å². The number of carbonyl (C=O) groups is 1. The third-order valence-electron chi connectivity index (χ3n) is 2.32. The van der Waals surface area contributed by atoms with E-state index in [2.05, 4.69) is 0 Å². The van der Waals surface area contributed by atoms with E-state index in [1.165, 1.54) is 13.2 Å². The third kappa shape index (κ3) is 4.96. The van der Waals surface area contributed by atoms with Crippen LogP contribution in [-0.2, 0) is 11.2 Å². The summed E-state index contributed by atoms with van der Waals surface area (Å²) < 4.78 is 40.9. The van der Waals surface area contributed by atoms with Gasteiger partial charge in [-0.2, -0.15) is 13.2 Å². The predicted molar refractivity (Wildman–Crippen MR) is 62.0 cm³/mol. The lowest BCUT2D eigenvalue weighted by Gasteiger charge is -2.09. The van der Waals surface area contributed by atoms with Crippen molar-refractivity contribution in [3.63, 3.8) is 0 Å². The van der Waals surface area contributed by atoms with E-state index < -0.39 is 24.8 Å². The molecule has 6 heteroatoms. The summed E-state index contributed by atoms with van der Waals surface area (Å²) in [5, 5.41) is 0.412. The summed E-state index contributed by atoms with van der Waals surface area (Å²) in [7, 11) is 1.42. The molecule has 0 aliphatic rings. The molecule has 1 aromatic carbocycles. The minimum Gasteiger partial charge on any atom is -0.496 e. The highest BCUT2D eigenvalue weighted by Gasteiger charge is 2.27. The Hall–Kier alpha value is -1.23. The Labute approximate surface area is 108 Å². The molecule has 0 saturated heterocycles. The second kappa shape index (κ2) is 6.09. The number of ether oxygens (including phenoxy) is 1. The van der Waals surface area contributed by atoms with Crippen molar-refractivity contribution in [2.24, 2.45) is 0 Å². The van der Waals surface area contributed by atoms with E-state index in [9.17, 15) is 18.0 Å². The summed E-state index contributed by atoms with van der Waals surface area (Å²) in [4.78, 5) is 11.4. The van der Waals surface area contributed by atoms with Crippen LogP contribution in [0.4, 0.5) is 13.2 Å². The first-order chi connectivity index (χ1) is 8.31. The van der Waals surface area contributed by atoms with Gasteiger partial charge in [0, 0.05) is 23.4 Å². The van der Waals surface area contributed by atoms with Gasteiger partial charge in [-0.05, 0) is 18.2 Å². The SMILES string of the molecule is COc1ccc(Cl)cc1CC(=O)CCC(F)(F)F. The van der Waals surface area contributed by atoms with Crippen molar-refractivity contribution in [3.05, 3.63) is 28.8 Å². The van der Waals surface area contributed by atoms with Gasteiger partial charge in [0.2, 0.25) is 0 Å². The average molecular weight is 281 g/mol. The minimum atomic E-state index is -4.31. The summed E-state index contributed by atoms with van der Waals surface area (Å²) in [6.45, 7) is 0. The molecule has 0 saturated carbocycles. The van der Waals surface area contributed by atoms with Crippen LogP contribution in [-0.4, -0.2) is 19.1 Å². The first-order valence-corrected chi connectivity index (χ1v) is 5.60. The van der Waals surface area contributed by atoms with E-state index in [1.807, 2.05) is 0 Å². The quantitative estimate of drug-likeness (QED) is 0.820. The van der Waals surface area contributed by atoms with Gasteiger partial charge in [-0.1, -0.05) is 11.6 Å². The Kier molecular flexibility index (Phi) is 5.02. The van der Waals surface area contributed by atoms with Gasteiger partial charge < -0.3 is 4.74 Å². The van der Waals surface area contributed by atoms with Gasteiger partial charge in [0.1, 0.15) is 11.5 Å². The molecule has 2 nitrogen and oxygen atoms in total. The molecule has 0 heterocycles. The van der Waals surface area contributed by atoms with E-state index in [-0.39, 0.29) is 6.42 Å². The van der Waals surface area contributed by atoms with Gasteiger partial charge in [-0.15, -0.1) is 0 Å². The molecular formula is C12H12ClF3O2. The number of alkyl halides is 3. The number of halogens is 4. The topological polar surface area (TPSA) is 26.3 Å². The van der Waals surface area contributed by atoms with Crippen LogP contribution in [0.2, 0.25) is 5.02 Å². The molecule has 0 fully saturated rings. The molecule has 0 spiro atoms. The number of Topliss-reactive ketones (excluding diaryl/α,β-unsaturated/α-hetero) is 1. The Morgan fingerprint density at radius 3 is 2.61 bits per heavy atom. The van der Waals surface area contributed by atoms with Crippen LogP contribution in [0.3, 0.4) is 0 Å². The fraction of sp³-hybridized carbons (Fsp3) is 0.417. The summed E-state index contributed by atoms with van der Waals surface area (Å²) >= 11 is 5.76. The molecule has 0 aliphatic heterocycles. The summed E-state index contributed by atoms with van der Waals surface area (Å²) in [6, 6.07) is 4.69. The predicted octanol–water partition coefficient (Wildman–Crippen LogP) is 3.80. The summed E-state index contributed by atoms with van der Waals surface area (Å²) in [5.41, 5.74) is 0.497. The Balaban J connectivity index is 2.66. The lowest BCUT2D eigenvalue weighted by atomic mass is 10.0. The molecule has 0 aliphatic carbocycles. The van der Waals surface area contributed by atoms with E-state index in [0.29, 0.717) is 16.3 Å². The van der Waals surface area contributed by atoms with Gasteiger partial charge in [0.25, 0.3) is 0 Å². The summed E-state index contributed by atoms with van der Waals surface area (Å²) in [5.74, 6) is -0.0485. The zero-order valence-electron chi connectivity index (χ0n) is 9.68. The maximum Gasteiger partial charge on any atom is 0.389 e. The van der Waals surface area contributed by atoms with Crippen LogP contribution in [0.25, 0.3) is 0 Å². The van der Waals surface area contributed by atoms with Crippen molar-refractivity contribution >= 4 is 17.4 Å². The van der Waals surface area contributed by atoms with E-state index in [4.69, 9.17) is 16.3 Å². The van der Waals surface area contributed by atoms with Crippen molar-refractivity contribution < 1.29 is 22.7 Å². The fourth-order valence-corrected chi connectivity index (χ4v) is 1.66. The highest BCUT2D eigenvalue weighted by Crippen LogP contribution is 2.25. The van der Waals surface area contributed by atoms with Gasteiger partial charge in [0.15, 0.2) is 0 Å². The van der Waals surface area contributed by atoms with Gasteiger partial charge in [-0.25, -0.2) is 0 Å². The van der Waals surface area contributed by atoms with Gasteiger partial charge in [0.05, 0.1) is 13.5 Å². The number of carbonyl (C=O) groups excluding carboxylic acids is 1. The molecule has 1 aromatic rings. The van der Waals surface area contributed by atoms with Crippen molar-refractivity contribution in [1.29, 1.82) is 0 Å². The molecule has 0 unspecified atom stereocenters. The van der Waals surface area contributed by atoms with Crippen molar-refractivity contribution in [2.75, 3.05) is 7.11 Å². The first kappa shape index (κ1) is 14.8. The van der Waals surface area contributed by atoms with Crippen molar-refractivity contribution in [2.45, 2.75) is 25.4 Å². The standard InChI is InChI=1S/C12H12ClF3O2/c1-18-11-3-2-9(13)6-8(11)7-10(17)4-5-12(14,15)16/h2-3,6H,4-5,7H2,1H3. The van der Waals surface area contributed by atoms with Crippen molar-refractivity contribution in [1.82, 2.24) is 0 Å². The van der Waals surface area contributed by atoms with Gasteiger partial charge in [-0.3, -0.25) is 4.79 Å². The normalized spacial score (nSPS) is 11.4. The van der Waals surface area contributed by atoms with Gasteiger partial charge >= 0.3 is 6.18 Å². The number of ketones is 1. The molecule has 100 valence electrons. The third-order valence-corrected chi connectivity index (χ3v) is 2.55. The monoisotopic (exact) mass is 280 g/mol. The van der Waals surface area contributed by atoms with Crippen LogP contribution in [0.1, 0.15) is 18.4 Å². The second-order valence-corrected chi connectivity index (χ2v) is 4.22. The van der Waals surface area contributed by atoms with Crippen molar-refractivity contribution in [3.8, 4) is 5.75 Å². The maximum absolute atomic E-state index is 12.0. The smallest absolute Gasteiger partial charge is 0.389 e. The molecule has 0 atom stereocenters. The fourth-order valence-electron chi connectivity index (χ4n) is 1.47. The Morgan fingerprint density at radius 1 is 1.39 bits per heavy atom. The number of rotatable bonds is 5. The molecule has 18 heavy (non-hydrogen) atoms. The minimum absolute atomic E-state index is 0.111. The lowest BCUT2D eigenvalue weighted by Crippen LogP contribution is -2.12. The maximum atomic E-state index is 12.0. The Bertz CT molecular complexity index is 430. The average Bonchev–Trinajstić information content (AvgIpc) is 2.26. The zero-order chi connectivity index (χ0) is 13.8. The zero-order valence-corrected chi connectivity index (χ0v) is 10.4. The van der Waals surface area contributed by atoms with Crippen LogP contribution in [0, 0.1) is 0 Å². The van der Waals surface area contributed by atoms with Crippen LogP contribution < -0.4 is 4.74 Å². The molecule has 0 amide bonds. The molecule has 1 rings (SSSR count). The molecule has 0 aromatic heterocycles. The van der Waals surface area contributed by atoms with Crippen LogP contribution in [0.5, 0.6) is 5.75 Å². The molecule has 0 bridgehead atoms. The molecule has 0 N–H and O–H groups in total. The number of benzene rings is 1. The van der Waals surface area contributed by atoms with Crippen LogP contribution in [0.15, 0.2) is 18.2 Å². The highest BCUT2D eigenvalue weighted by atomic mass is 35.5. The van der Waals surface area contributed by atoms with E-state index in [1.54, 1.807) is 12.1 Å². The molecule has 0 radical (unpaired) electrons. The van der Waals surface area contributed by atoms with Crippen LogP contribution >= 0.6 is 11.6 Å². The second-order valence-electron chi connectivity index (χ2n) is 3.79. The Morgan fingerprint density at radius 2 is 2.06 bits per heavy atom. The van der Waals surface area contributed by atoms with E-state index in [0.717, 1.165) is 0 Å². The highest BCUT2D eigenvalue weighted by molar-refractivity contribution is 6.30. The molecular weight excluding hydrogens is 269 g/mol. The number of methoxy groups -OCH3 is 1. The lowest BCUT2D eigenvalue weighted by molar-refractivity contribution is -0.143.